The Morgan fingerprint density at radius 3 is 2.54 bits per heavy atom. The highest BCUT2D eigenvalue weighted by Crippen LogP contribution is 2.27. The molecule has 0 bridgehead atoms. The summed E-state index contributed by atoms with van der Waals surface area (Å²) < 4.78 is 10.3. The van der Waals surface area contributed by atoms with Gasteiger partial charge in [0.2, 0.25) is 11.8 Å². The molecule has 2 aromatic rings. The zero-order chi connectivity index (χ0) is 25.2. The minimum Gasteiger partial charge on any atom is -0.497 e. The number of piperidine rings is 1. The Balaban J connectivity index is 1.68. The first-order valence-corrected chi connectivity index (χ1v) is 11.7. The molecule has 0 saturated carbocycles. The molecule has 35 heavy (non-hydrogen) atoms. The SMILES string of the molecule is CCOC(=O)CC(NC(=O)CC1CCCN(c2ccc(C=NN)cc2)C1=O)c1ccc(OC)cc1. The van der Waals surface area contributed by atoms with Crippen molar-refractivity contribution >= 4 is 29.7 Å². The van der Waals surface area contributed by atoms with Crippen LogP contribution in [0.15, 0.2) is 53.6 Å². The van der Waals surface area contributed by atoms with Gasteiger partial charge in [0, 0.05) is 24.6 Å². The number of nitrogens with zero attached hydrogens (tertiary/aromatic N) is 2. The normalized spacial score (nSPS) is 16.7. The molecule has 2 aromatic carbocycles. The van der Waals surface area contributed by atoms with Crippen LogP contribution in [0, 0.1) is 5.92 Å². The van der Waals surface area contributed by atoms with Crippen molar-refractivity contribution in [2.24, 2.45) is 16.9 Å². The number of carbonyl (C=O) groups is 3. The summed E-state index contributed by atoms with van der Waals surface area (Å²) in [6.45, 7) is 2.59. The quantitative estimate of drug-likeness (QED) is 0.233. The van der Waals surface area contributed by atoms with Crippen LogP contribution in [0.5, 0.6) is 5.75 Å². The van der Waals surface area contributed by atoms with Crippen molar-refractivity contribution in [3.63, 3.8) is 0 Å². The van der Waals surface area contributed by atoms with E-state index in [0.29, 0.717) is 18.7 Å². The second-order valence-corrected chi connectivity index (χ2v) is 8.31. The van der Waals surface area contributed by atoms with Crippen LogP contribution < -0.4 is 20.8 Å². The number of hydrogen-bond donors (Lipinski definition) is 2. The van der Waals surface area contributed by atoms with Gasteiger partial charge in [-0.1, -0.05) is 24.3 Å². The lowest BCUT2D eigenvalue weighted by molar-refractivity contribution is -0.144. The molecule has 1 saturated heterocycles. The Morgan fingerprint density at radius 2 is 1.91 bits per heavy atom. The van der Waals surface area contributed by atoms with Crippen LogP contribution in [0.25, 0.3) is 0 Å². The molecule has 2 atom stereocenters. The van der Waals surface area contributed by atoms with E-state index in [-0.39, 0.29) is 31.3 Å². The predicted molar refractivity (Wildman–Crippen MR) is 133 cm³/mol. The van der Waals surface area contributed by atoms with Gasteiger partial charge in [0.1, 0.15) is 5.75 Å². The Bertz CT molecular complexity index is 1040. The second-order valence-electron chi connectivity index (χ2n) is 8.31. The summed E-state index contributed by atoms with van der Waals surface area (Å²) in [5, 5.41) is 6.43. The van der Waals surface area contributed by atoms with Gasteiger partial charge in [-0.15, -0.1) is 0 Å². The second kappa shape index (κ2) is 12.5. The molecule has 9 nitrogen and oxygen atoms in total. The molecule has 0 radical (unpaired) electrons. The van der Waals surface area contributed by atoms with Crippen LogP contribution in [-0.4, -0.2) is 44.3 Å². The minimum atomic E-state index is -0.570. The van der Waals surface area contributed by atoms with Crippen LogP contribution in [0.2, 0.25) is 0 Å². The highest BCUT2D eigenvalue weighted by Gasteiger charge is 2.32. The first kappa shape index (κ1) is 25.7. The topological polar surface area (TPSA) is 123 Å². The third kappa shape index (κ3) is 7.05. The maximum Gasteiger partial charge on any atom is 0.308 e. The molecule has 2 amide bonds. The third-order valence-electron chi connectivity index (χ3n) is 5.94. The maximum absolute atomic E-state index is 13.2. The molecule has 3 rings (SSSR count). The van der Waals surface area contributed by atoms with Crippen LogP contribution in [0.4, 0.5) is 5.69 Å². The molecular formula is C26H32N4O5. The fourth-order valence-electron chi connectivity index (χ4n) is 4.17. The molecule has 0 spiro atoms. The third-order valence-corrected chi connectivity index (χ3v) is 5.94. The molecule has 2 unspecified atom stereocenters. The maximum atomic E-state index is 13.2. The van der Waals surface area contributed by atoms with Crippen LogP contribution in [-0.2, 0) is 19.1 Å². The largest absolute Gasteiger partial charge is 0.497 e. The van der Waals surface area contributed by atoms with Crippen molar-refractivity contribution in [1.29, 1.82) is 0 Å². The highest BCUT2D eigenvalue weighted by atomic mass is 16.5. The standard InChI is InChI=1S/C26H32N4O5/c1-3-35-25(32)16-23(19-8-12-22(34-2)13-9-19)29-24(31)15-20-5-4-14-30(26(20)33)21-10-6-18(7-11-21)17-28-27/h6-13,17,20,23H,3-5,14-16,27H2,1-2H3,(H,29,31). The molecule has 0 aromatic heterocycles. The Labute approximate surface area is 205 Å². The van der Waals surface area contributed by atoms with Gasteiger partial charge < -0.3 is 25.5 Å². The fourth-order valence-corrected chi connectivity index (χ4v) is 4.17. The number of carbonyl (C=O) groups excluding carboxylic acids is 3. The molecule has 9 heteroatoms. The Morgan fingerprint density at radius 1 is 1.20 bits per heavy atom. The average molecular weight is 481 g/mol. The molecule has 1 fully saturated rings. The Kier molecular flexibility index (Phi) is 9.23. The van der Waals surface area contributed by atoms with E-state index in [2.05, 4.69) is 10.4 Å². The minimum absolute atomic E-state index is 0.00486. The molecule has 3 N–H and O–H groups in total. The predicted octanol–water partition coefficient (Wildman–Crippen LogP) is 2.93. The number of hydrazone groups is 1. The number of nitrogens with one attached hydrogen (secondary N) is 1. The van der Waals surface area contributed by atoms with Crippen molar-refractivity contribution in [2.75, 3.05) is 25.2 Å². The van der Waals surface area contributed by atoms with E-state index in [1.54, 1.807) is 43.2 Å². The average Bonchev–Trinajstić information content (AvgIpc) is 2.86. The van der Waals surface area contributed by atoms with E-state index in [0.717, 1.165) is 23.2 Å². The van der Waals surface area contributed by atoms with E-state index >= 15 is 0 Å². The number of methoxy groups -OCH3 is 1. The van der Waals surface area contributed by atoms with Gasteiger partial charge in [-0.25, -0.2) is 0 Å². The number of benzene rings is 2. The lowest BCUT2D eigenvalue weighted by Gasteiger charge is -2.32. The summed E-state index contributed by atoms with van der Waals surface area (Å²) in [6, 6.07) is 13.9. The van der Waals surface area contributed by atoms with Gasteiger partial charge in [-0.05, 0) is 55.2 Å². The number of anilines is 1. The summed E-state index contributed by atoms with van der Waals surface area (Å²) in [5.41, 5.74) is 2.36. The molecule has 186 valence electrons. The van der Waals surface area contributed by atoms with Gasteiger partial charge in [0.05, 0.1) is 32.4 Å². The molecule has 1 aliphatic heterocycles. The summed E-state index contributed by atoms with van der Waals surface area (Å²) in [4.78, 5) is 40.0. The van der Waals surface area contributed by atoms with Crippen LogP contribution >= 0.6 is 0 Å². The van der Waals surface area contributed by atoms with Gasteiger partial charge in [0.25, 0.3) is 0 Å². The van der Waals surface area contributed by atoms with E-state index < -0.39 is 17.9 Å². The van der Waals surface area contributed by atoms with Gasteiger partial charge in [-0.3, -0.25) is 14.4 Å². The summed E-state index contributed by atoms with van der Waals surface area (Å²) >= 11 is 0. The summed E-state index contributed by atoms with van der Waals surface area (Å²) in [5.74, 6) is 4.65. The number of hydrogen-bond acceptors (Lipinski definition) is 7. The highest BCUT2D eigenvalue weighted by molar-refractivity contribution is 5.98. The summed E-state index contributed by atoms with van der Waals surface area (Å²) in [7, 11) is 1.57. The smallest absolute Gasteiger partial charge is 0.308 e. The van der Waals surface area contributed by atoms with Crippen LogP contribution in [0.1, 0.15) is 49.8 Å². The lowest BCUT2D eigenvalue weighted by atomic mass is 9.92. The number of nitrogens with two attached hydrogens (primary N) is 1. The van der Waals surface area contributed by atoms with Crippen molar-refractivity contribution in [2.45, 2.75) is 38.6 Å². The first-order chi connectivity index (χ1) is 16.9. The van der Waals surface area contributed by atoms with Crippen molar-refractivity contribution in [3.05, 3.63) is 59.7 Å². The fraction of sp³-hybridized carbons (Fsp3) is 0.385. The number of rotatable bonds is 10. The molecular weight excluding hydrogens is 448 g/mol. The molecule has 1 aliphatic rings. The number of ether oxygens (including phenoxy) is 2. The van der Waals surface area contributed by atoms with Crippen molar-refractivity contribution in [3.8, 4) is 5.75 Å². The van der Waals surface area contributed by atoms with Gasteiger partial charge >= 0.3 is 5.97 Å². The zero-order valence-corrected chi connectivity index (χ0v) is 20.1. The number of esters is 1. The summed E-state index contributed by atoms with van der Waals surface area (Å²) in [6.07, 6.45) is 2.99. The van der Waals surface area contributed by atoms with Gasteiger partial charge in [0.15, 0.2) is 0 Å². The van der Waals surface area contributed by atoms with E-state index in [4.69, 9.17) is 15.3 Å². The molecule has 0 aliphatic carbocycles. The van der Waals surface area contributed by atoms with Gasteiger partial charge in [-0.2, -0.15) is 5.10 Å². The molecule has 1 heterocycles. The monoisotopic (exact) mass is 480 g/mol. The van der Waals surface area contributed by atoms with Crippen molar-refractivity contribution < 1.29 is 23.9 Å². The first-order valence-electron chi connectivity index (χ1n) is 11.7. The van der Waals surface area contributed by atoms with E-state index in [9.17, 15) is 14.4 Å². The number of amides is 2. The van der Waals surface area contributed by atoms with E-state index in [1.165, 1.54) is 6.21 Å². The lowest BCUT2D eigenvalue weighted by Crippen LogP contribution is -2.43. The Hall–Kier alpha value is -3.88. The van der Waals surface area contributed by atoms with Crippen LogP contribution in [0.3, 0.4) is 0 Å². The van der Waals surface area contributed by atoms with Crippen molar-refractivity contribution in [1.82, 2.24) is 5.32 Å². The zero-order valence-electron chi connectivity index (χ0n) is 20.1. The van der Waals surface area contributed by atoms with E-state index in [1.807, 2.05) is 24.3 Å².